The molecule has 0 aromatic rings. The normalized spacial score (nSPS) is 18.6. The lowest BCUT2D eigenvalue weighted by molar-refractivity contribution is -0.788. The molecule has 0 amide bonds. The van der Waals surface area contributed by atoms with Crippen molar-refractivity contribution in [3.8, 4) is 0 Å². The van der Waals surface area contributed by atoms with Crippen molar-refractivity contribution in [3.05, 3.63) is 30.6 Å². The van der Waals surface area contributed by atoms with Crippen LogP contribution in [0.1, 0.15) is 39.5 Å². The van der Waals surface area contributed by atoms with Gasteiger partial charge in [-0.3, -0.25) is 4.90 Å². The number of unbranched alkanes of at least 4 members (excludes halogenated alkanes) is 3. The highest BCUT2D eigenvalue weighted by Gasteiger charge is 2.06. The monoisotopic (exact) mass is 192 g/mol. The van der Waals surface area contributed by atoms with Crippen molar-refractivity contribution < 1.29 is 4.90 Å². The number of nitrogens with zero attached hydrogens (tertiary/aromatic N) is 1. The summed E-state index contributed by atoms with van der Waals surface area (Å²) in [6.07, 6.45) is 12.2. The minimum Gasteiger partial charge on any atom is -0.512 e. The van der Waals surface area contributed by atoms with Gasteiger partial charge in [-0.05, 0) is 25.8 Å². The van der Waals surface area contributed by atoms with Gasteiger partial charge in [0.2, 0.25) is 0 Å². The molecule has 0 aromatic carbocycles. The van der Waals surface area contributed by atoms with E-state index in [-0.39, 0.29) is 0 Å². The predicted molar refractivity (Wildman–Crippen MR) is 57.8 cm³/mol. The highest BCUT2D eigenvalue weighted by atomic mass is 15.1. The van der Waals surface area contributed by atoms with Gasteiger partial charge in [0.15, 0.2) is 0 Å². The topological polar surface area (TPSA) is 28.2 Å². The quantitative estimate of drug-likeness (QED) is 0.523. The summed E-state index contributed by atoms with van der Waals surface area (Å²) in [4.78, 5) is 1.52. The van der Waals surface area contributed by atoms with E-state index in [4.69, 9.17) is 11.8 Å². The molecule has 1 unspecified atom stereocenters. The number of hydrogen-bond donors (Lipinski definition) is 1. The zero-order valence-corrected chi connectivity index (χ0v) is 9.21. The molecule has 1 heterocycles. The molecule has 14 heavy (non-hydrogen) atoms. The van der Waals surface area contributed by atoms with E-state index in [0.717, 1.165) is 0 Å². The highest BCUT2D eigenvalue weighted by Crippen LogP contribution is 1.98. The first kappa shape index (κ1) is 12.9. The minimum atomic E-state index is 1.27. The average Bonchev–Trinajstić information content (AvgIpc) is 2.62. The molecule has 0 bridgehead atoms. The molecule has 0 fully saturated rings. The fourth-order valence-corrected chi connectivity index (χ4v) is 1.54. The summed E-state index contributed by atoms with van der Waals surface area (Å²) >= 11 is 0. The van der Waals surface area contributed by atoms with Crippen LogP contribution in [0, 0.1) is 11.8 Å². The van der Waals surface area contributed by atoms with Crippen molar-refractivity contribution in [2.24, 2.45) is 0 Å². The zero-order chi connectivity index (χ0) is 10.8. The van der Waals surface area contributed by atoms with Crippen LogP contribution in [0.15, 0.2) is 24.0 Å². The van der Waals surface area contributed by atoms with Gasteiger partial charge < -0.3 is 11.8 Å². The fraction of sp³-hybridized carbons (Fsp3) is 0.583. The van der Waals surface area contributed by atoms with Crippen LogP contribution in [-0.2, 0) is 0 Å². The number of quaternary nitrogens is 1. The molecule has 0 radical (unpaired) electrons. The summed E-state index contributed by atoms with van der Waals surface area (Å²) in [5.74, 6) is 0. The van der Waals surface area contributed by atoms with Crippen molar-refractivity contribution >= 4 is 0 Å². The summed E-state index contributed by atoms with van der Waals surface area (Å²) in [6.45, 7) is 10.4. The number of nitrogens with one attached hydrogen (secondary N) is 1. The van der Waals surface area contributed by atoms with Crippen LogP contribution in [0.25, 0.3) is 0 Å². The van der Waals surface area contributed by atoms with Crippen LogP contribution in [0.2, 0.25) is 0 Å². The molecule has 2 nitrogen and oxygen atoms in total. The van der Waals surface area contributed by atoms with E-state index in [1.807, 2.05) is 0 Å². The van der Waals surface area contributed by atoms with E-state index in [0.29, 0.717) is 0 Å². The van der Waals surface area contributed by atoms with E-state index < -0.39 is 0 Å². The van der Waals surface area contributed by atoms with Crippen LogP contribution in [0.4, 0.5) is 0 Å². The van der Waals surface area contributed by atoms with Gasteiger partial charge in [-0.2, -0.15) is 0 Å². The molecule has 1 atom stereocenters. The Kier molecular flexibility index (Phi) is 7.87. The molecular formula is C12H20N2. The van der Waals surface area contributed by atoms with Gasteiger partial charge in [0.25, 0.3) is 0 Å². The Balaban J connectivity index is 0.000000791. The zero-order valence-electron chi connectivity index (χ0n) is 9.21. The summed E-state index contributed by atoms with van der Waals surface area (Å²) in [5.41, 5.74) is 1.40. The first-order valence-corrected chi connectivity index (χ1v) is 5.27. The molecule has 0 saturated carbocycles. The summed E-state index contributed by atoms with van der Waals surface area (Å²) in [6, 6.07) is 0. The third kappa shape index (κ3) is 5.55. The minimum absolute atomic E-state index is 1.27. The van der Waals surface area contributed by atoms with Crippen molar-refractivity contribution in [3.63, 3.8) is 0 Å². The maximum absolute atomic E-state index is 6.25. The Morgan fingerprint density at radius 3 is 2.50 bits per heavy atom. The first-order valence-electron chi connectivity index (χ1n) is 5.27. The second-order valence-electron chi connectivity index (χ2n) is 3.61. The molecule has 1 rings (SSSR count). The van der Waals surface area contributed by atoms with Gasteiger partial charge in [-0.1, -0.05) is 19.8 Å². The second kappa shape index (κ2) is 8.52. The Labute approximate surface area is 87.5 Å². The van der Waals surface area contributed by atoms with E-state index in [9.17, 15) is 0 Å². The lowest BCUT2D eigenvalue weighted by Crippen LogP contribution is -3.01. The molecule has 78 valence electrons. The third-order valence-corrected chi connectivity index (χ3v) is 2.29. The predicted octanol–water partition coefficient (Wildman–Crippen LogP) is 1.98. The van der Waals surface area contributed by atoms with Crippen molar-refractivity contribution in [1.82, 2.24) is 0 Å². The molecule has 1 N–H and O–H groups in total. The number of rotatable bonds is 5. The molecule has 0 spiro atoms. The van der Waals surface area contributed by atoms with Gasteiger partial charge >= 0.3 is 0 Å². The number of hydrogen-bond acceptors (Lipinski definition) is 1. The van der Waals surface area contributed by atoms with E-state index in [1.165, 1.54) is 42.7 Å². The lowest BCUT2D eigenvalue weighted by Gasteiger charge is -2.05. The molecule has 1 aliphatic rings. The maximum Gasteiger partial charge on any atom is 0.102 e. The molecule has 0 aliphatic carbocycles. The average molecular weight is 192 g/mol. The summed E-state index contributed by atoms with van der Waals surface area (Å²) in [7, 11) is 0. The SMILES string of the molecule is CCCCCC[NH+]1C=CC(C)=C1.[C-]#N. The fourth-order valence-electron chi connectivity index (χ4n) is 1.54. The van der Waals surface area contributed by atoms with Crippen molar-refractivity contribution in [2.45, 2.75) is 39.5 Å². The lowest BCUT2D eigenvalue weighted by atomic mass is 10.2. The Bertz CT molecular complexity index is 214. The van der Waals surface area contributed by atoms with Crippen LogP contribution in [0.5, 0.6) is 0 Å². The standard InChI is InChI=1S/C11H19N.CN/c1-3-4-5-6-8-12-9-7-11(2)10-12;1-2/h7,9-10H,3-6,8H2,1-2H3;/q;-1/p+1. The van der Waals surface area contributed by atoms with Crippen LogP contribution < -0.4 is 4.90 Å². The molecule has 0 saturated heterocycles. The van der Waals surface area contributed by atoms with Crippen LogP contribution in [0.3, 0.4) is 0 Å². The molecule has 0 aromatic heterocycles. The summed E-state index contributed by atoms with van der Waals surface area (Å²) in [5, 5.41) is 6.25. The van der Waals surface area contributed by atoms with Crippen molar-refractivity contribution in [2.75, 3.05) is 6.54 Å². The van der Waals surface area contributed by atoms with E-state index >= 15 is 0 Å². The molecular weight excluding hydrogens is 172 g/mol. The van der Waals surface area contributed by atoms with Gasteiger partial charge in [0.05, 0.1) is 12.7 Å². The summed E-state index contributed by atoms with van der Waals surface area (Å²) < 4.78 is 0. The van der Waals surface area contributed by atoms with Gasteiger partial charge in [0.1, 0.15) is 6.20 Å². The van der Waals surface area contributed by atoms with Crippen LogP contribution >= 0.6 is 0 Å². The molecule has 1 aliphatic heterocycles. The Morgan fingerprint density at radius 2 is 2.00 bits per heavy atom. The second-order valence-corrected chi connectivity index (χ2v) is 3.61. The van der Waals surface area contributed by atoms with Gasteiger partial charge in [-0.25, -0.2) is 0 Å². The smallest absolute Gasteiger partial charge is 0.102 e. The molecule has 2 heteroatoms. The van der Waals surface area contributed by atoms with Gasteiger partial charge in [-0.15, -0.1) is 0 Å². The van der Waals surface area contributed by atoms with Crippen molar-refractivity contribution in [1.29, 1.82) is 5.26 Å². The Hall–Kier alpha value is -1.07. The Morgan fingerprint density at radius 1 is 1.29 bits per heavy atom. The number of allylic oxidation sites excluding steroid dienone is 2. The first-order chi connectivity index (χ1) is 6.83. The highest BCUT2D eigenvalue weighted by molar-refractivity contribution is 5.14. The van der Waals surface area contributed by atoms with E-state index in [2.05, 4.69) is 32.3 Å². The van der Waals surface area contributed by atoms with Crippen LogP contribution in [-0.4, -0.2) is 6.54 Å². The maximum atomic E-state index is 6.25. The van der Waals surface area contributed by atoms with Gasteiger partial charge in [0, 0.05) is 5.57 Å². The van der Waals surface area contributed by atoms with E-state index in [1.54, 1.807) is 0 Å². The largest absolute Gasteiger partial charge is 0.512 e. The third-order valence-electron chi connectivity index (χ3n) is 2.29.